The van der Waals surface area contributed by atoms with E-state index >= 15 is 0 Å². The van der Waals surface area contributed by atoms with Gasteiger partial charge in [0.05, 0.1) is 7.11 Å². The predicted octanol–water partition coefficient (Wildman–Crippen LogP) is 4.82. The highest BCUT2D eigenvalue weighted by Crippen LogP contribution is 2.36. The Labute approximate surface area is 113 Å². The van der Waals surface area contributed by atoms with Gasteiger partial charge >= 0.3 is 0 Å². The molecule has 0 aliphatic heterocycles. The molecule has 1 heteroatoms. The van der Waals surface area contributed by atoms with E-state index in [4.69, 9.17) is 4.74 Å². The number of ether oxygens (including phenoxy) is 1. The van der Waals surface area contributed by atoms with Gasteiger partial charge in [-0.15, -0.1) is 0 Å². The van der Waals surface area contributed by atoms with Crippen molar-refractivity contribution in [3.8, 4) is 16.9 Å². The number of aryl methyl sites for hydroxylation is 1. The van der Waals surface area contributed by atoms with Gasteiger partial charge in [-0.2, -0.15) is 0 Å². The molecule has 0 aromatic heterocycles. The summed E-state index contributed by atoms with van der Waals surface area (Å²) in [6.07, 6.45) is 0. The van der Waals surface area contributed by atoms with Crippen molar-refractivity contribution >= 4 is 10.8 Å². The second kappa shape index (κ2) is 4.77. The summed E-state index contributed by atoms with van der Waals surface area (Å²) in [6.45, 7) is 2.08. The molecule has 0 amide bonds. The smallest absolute Gasteiger partial charge is 0.129 e. The van der Waals surface area contributed by atoms with Crippen LogP contribution in [0, 0.1) is 6.92 Å². The summed E-state index contributed by atoms with van der Waals surface area (Å²) in [5, 5.41) is 2.51. The van der Waals surface area contributed by atoms with Gasteiger partial charge in [0.15, 0.2) is 0 Å². The average molecular weight is 248 g/mol. The zero-order valence-electron chi connectivity index (χ0n) is 11.2. The quantitative estimate of drug-likeness (QED) is 0.631. The Balaban J connectivity index is 2.34. The first-order chi connectivity index (χ1) is 9.31. The molecular formula is C18H16O. The van der Waals surface area contributed by atoms with Crippen LogP contribution in [-0.2, 0) is 0 Å². The van der Waals surface area contributed by atoms with Crippen LogP contribution in [0.15, 0.2) is 60.7 Å². The number of methoxy groups -OCH3 is 1. The van der Waals surface area contributed by atoms with Crippen LogP contribution in [0.25, 0.3) is 21.9 Å². The fourth-order valence-corrected chi connectivity index (χ4v) is 2.60. The van der Waals surface area contributed by atoms with Crippen molar-refractivity contribution in [1.29, 1.82) is 0 Å². The molecule has 0 saturated heterocycles. The summed E-state index contributed by atoms with van der Waals surface area (Å²) in [6, 6.07) is 21.1. The number of para-hydroxylation sites is 1. The molecule has 1 nitrogen and oxygen atoms in total. The Bertz CT molecular complexity index is 723. The predicted molar refractivity (Wildman–Crippen MR) is 80.7 cm³/mol. The number of hydrogen-bond donors (Lipinski definition) is 0. The minimum absolute atomic E-state index is 0.957. The molecule has 3 aromatic carbocycles. The monoisotopic (exact) mass is 248 g/mol. The van der Waals surface area contributed by atoms with E-state index in [0.717, 1.165) is 16.9 Å². The average Bonchev–Trinajstić information content (AvgIpc) is 2.46. The Morgan fingerprint density at radius 2 is 1.42 bits per heavy atom. The highest BCUT2D eigenvalue weighted by atomic mass is 16.5. The highest BCUT2D eigenvalue weighted by Gasteiger charge is 2.10. The molecule has 19 heavy (non-hydrogen) atoms. The summed E-state index contributed by atoms with van der Waals surface area (Å²) < 4.78 is 5.58. The second-order valence-electron chi connectivity index (χ2n) is 4.68. The maximum Gasteiger partial charge on any atom is 0.129 e. The molecule has 0 bridgehead atoms. The summed E-state index contributed by atoms with van der Waals surface area (Å²) >= 11 is 0. The van der Waals surface area contributed by atoms with E-state index in [0.29, 0.717) is 0 Å². The Hall–Kier alpha value is -2.28. The van der Waals surface area contributed by atoms with Crippen LogP contribution in [0.2, 0.25) is 0 Å². The minimum Gasteiger partial charge on any atom is -0.496 e. The summed E-state index contributed by atoms with van der Waals surface area (Å²) in [4.78, 5) is 0. The zero-order valence-corrected chi connectivity index (χ0v) is 11.2. The van der Waals surface area contributed by atoms with Gasteiger partial charge in [-0.25, -0.2) is 0 Å². The van der Waals surface area contributed by atoms with E-state index in [2.05, 4.69) is 67.6 Å². The fraction of sp³-hybridized carbons (Fsp3) is 0.111. The van der Waals surface area contributed by atoms with Crippen LogP contribution in [-0.4, -0.2) is 7.11 Å². The van der Waals surface area contributed by atoms with Crippen molar-refractivity contribution in [3.63, 3.8) is 0 Å². The van der Waals surface area contributed by atoms with Crippen molar-refractivity contribution in [2.75, 3.05) is 7.11 Å². The molecule has 0 aliphatic carbocycles. The van der Waals surface area contributed by atoms with E-state index in [9.17, 15) is 0 Å². The molecule has 0 spiro atoms. The molecule has 0 unspecified atom stereocenters. The normalized spacial score (nSPS) is 10.6. The van der Waals surface area contributed by atoms with E-state index in [-0.39, 0.29) is 0 Å². The van der Waals surface area contributed by atoms with Crippen LogP contribution in [0.4, 0.5) is 0 Å². The standard InChI is InChI=1S/C18H16O/c1-13-7-5-12-17(18(13)19-2)16-11-6-9-14-8-3-4-10-15(14)16/h3-12H,1-2H3. The number of benzene rings is 3. The van der Waals surface area contributed by atoms with Gasteiger partial charge in [0, 0.05) is 5.56 Å². The topological polar surface area (TPSA) is 9.23 Å². The van der Waals surface area contributed by atoms with E-state index in [1.807, 2.05) is 0 Å². The molecule has 3 aromatic rings. The molecule has 0 heterocycles. The fourth-order valence-electron chi connectivity index (χ4n) is 2.60. The Morgan fingerprint density at radius 3 is 2.26 bits per heavy atom. The van der Waals surface area contributed by atoms with E-state index in [1.54, 1.807) is 7.11 Å². The van der Waals surface area contributed by atoms with Gasteiger partial charge in [0.2, 0.25) is 0 Å². The third kappa shape index (κ3) is 1.97. The lowest BCUT2D eigenvalue weighted by atomic mass is 9.96. The van der Waals surface area contributed by atoms with Crippen LogP contribution >= 0.6 is 0 Å². The maximum absolute atomic E-state index is 5.58. The SMILES string of the molecule is COc1c(C)cccc1-c1cccc2ccccc12. The first-order valence-electron chi connectivity index (χ1n) is 6.43. The third-order valence-corrected chi connectivity index (χ3v) is 3.50. The van der Waals surface area contributed by atoms with Gasteiger partial charge in [0.25, 0.3) is 0 Å². The lowest BCUT2D eigenvalue weighted by molar-refractivity contribution is 0.413. The van der Waals surface area contributed by atoms with Crippen molar-refractivity contribution in [2.45, 2.75) is 6.92 Å². The van der Waals surface area contributed by atoms with Crippen molar-refractivity contribution in [1.82, 2.24) is 0 Å². The van der Waals surface area contributed by atoms with Crippen molar-refractivity contribution in [3.05, 3.63) is 66.2 Å². The van der Waals surface area contributed by atoms with Gasteiger partial charge in [-0.1, -0.05) is 60.7 Å². The number of fused-ring (bicyclic) bond motifs is 1. The third-order valence-electron chi connectivity index (χ3n) is 3.50. The van der Waals surface area contributed by atoms with E-state index in [1.165, 1.54) is 16.3 Å². The zero-order chi connectivity index (χ0) is 13.2. The first kappa shape index (κ1) is 11.8. The summed E-state index contributed by atoms with van der Waals surface area (Å²) in [5.74, 6) is 0.957. The lowest BCUT2D eigenvalue weighted by Crippen LogP contribution is -1.91. The van der Waals surface area contributed by atoms with E-state index < -0.39 is 0 Å². The van der Waals surface area contributed by atoms with Gasteiger partial charge in [-0.3, -0.25) is 0 Å². The molecule has 0 saturated carbocycles. The van der Waals surface area contributed by atoms with Crippen molar-refractivity contribution < 1.29 is 4.74 Å². The molecule has 0 aliphatic rings. The van der Waals surface area contributed by atoms with Crippen LogP contribution < -0.4 is 4.74 Å². The van der Waals surface area contributed by atoms with Crippen molar-refractivity contribution in [2.24, 2.45) is 0 Å². The maximum atomic E-state index is 5.58. The molecule has 94 valence electrons. The minimum atomic E-state index is 0.957. The molecule has 0 atom stereocenters. The van der Waals surface area contributed by atoms with Gasteiger partial charge in [0.1, 0.15) is 5.75 Å². The Kier molecular flexibility index (Phi) is 2.96. The Morgan fingerprint density at radius 1 is 0.737 bits per heavy atom. The largest absolute Gasteiger partial charge is 0.496 e. The number of hydrogen-bond acceptors (Lipinski definition) is 1. The molecule has 3 rings (SSSR count). The van der Waals surface area contributed by atoms with Crippen LogP contribution in [0.5, 0.6) is 5.75 Å². The van der Waals surface area contributed by atoms with Gasteiger partial charge < -0.3 is 4.74 Å². The van der Waals surface area contributed by atoms with Crippen LogP contribution in [0.1, 0.15) is 5.56 Å². The molecule has 0 N–H and O–H groups in total. The first-order valence-corrected chi connectivity index (χ1v) is 6.43. The highest BCUT2D eigenvalue weighted by molar-refractivity contribution is 5.98. The second-order valence-corrected chi connectivity index (χ2v) is 4.68. The molecule has 0 fully saturated rings. The number of rotatable bonds is 2. The summed E-state index contributed by atoms with van der Waals surface area (Å²) in [5.41, 5.74) is 3.53. The van der Waals surface area contributed by atoms with Crippen LogP contribution in [0.3, 0.4) is 0 Å². The molecule has 0 radical (unpaired) electrons. The summed E-state index contributed by atoms with van der Waals surface area (Å²) in [7, 11) is 1.73. The molecular weight excluding hydrogens is 232 g/mol. The lowest BCUT2D eigenvalue weighted by Gasteiger charge is -2.13. The van der Waals surface area contributed by atoms with Gasteiger partial charge in [-0.05, 0) is 28.8 Å².